The molecule has 112 valence electrons. The lowest BCUT2D eigenvalue weighted by atomic mass is 9.59. The van der Waals surface area contributed by atoms with Gasteiger partial charge in [0.05, 0.1) is 5.60 Å². The topological polar surface area (TPSA) is 46.2 Å². The van der Waals surface area contributed by atoms with E-state index in [4.69, 9.17) is 5.73 Å². The van der Waals surface area contributed by atoms with E-state index in [1.54, 1.807) is 0 Å². The summed E-state index contributed by atoms with van der Waals surface area (Å²) in [6.07, 6.45) is 10.3. The van der Waals surface area contributed by atoms with Gasteiger partial charge in [-0.3, -0.25) is 0 Å². The summed E-state index contributed by atoms with van der Waals surface area (Å²) in [5, 5.41) is 11.2. The SMILES string of the molecule is CCC(C)(C)C1CCC(O)(C2(CN)CCCC2)CC1. The molecule has 0 unspecified atom stereocenters. The van der Waals surface area contributed by atoms with Gasteiger partial charge in [0.1, 0.15) is 0 Å². The Morgan fingerprint density at radius 2 is 1.63 bits per heavy atom. The third kappa shape index (κ3) is 2.58. The van der Waals surface area contributed by atoms with Crippen molar-refractivity contribution in [2.45, 2.75) is 84.2 Å². The highest BCUT2D eigenvalue weighted by molar-refractivity contribution is 5.05. The van der Waals surface area contributed by atoms with Crippen LogP contribution in [-0.4, -0.2) is 17.3 Å². The van der Waals surface area contributed by atoms with Gasteiger partial charge in [0.15, 0.2) is 0 Å². The first kappa shape index (κ1) is 15.3. The van der Waals surface area contributed by atoms with Crippen LogP contribution in [0, 0.1) is 16.7 Å². The molecule has 0 aromatic rings. The van der Waals surface area contributed by atoms with Gasteiger partial charge in [-0.2, -0.15) is 0 Å². The molecule has 2 rings (SSSR count). The van der Waals surface area contributed by atoms with Crippen LogP contribution in [0.25, 0.3) is 0 Å². The van der Waals surface area contributed by atoms with Crippen molar-refractivity contribution in [2.75, 3.05) is 6.54 Å². The second-order valence-corrected chi connectivity index (χ2v) is 7.84. The number of aliphatic hydroxyl groups is 1. The molecule has 0 heterocycles. The molecule has 0 saturated heterocycles. The van der Waals surface area contributed by atoms with Crippen molar-refractivity contribution in [1.29, 1.82) is 0 Å². The average molecular weight is 267 g/mol. The number of hydrogen-bond donors (Lipinski definition) is 2. The first-order valence-electron chi connectivity index (χ1n) is 8.32. The van der Waals surface area contributed by atoms with E-state index in [-0.39, 0.29) is 5.41 Å². The fourth-order valence-corrected chi connectivity index (χ4v) is 4.61. The van der Waals surface area contributed by atoms with Crippen LogP contribution in [0.4, 0.5) is 0 Å². The third-order valence-corrected chi connectivity index (χ3v) is 6.77. The third-order valence-electron chi connectivity index (χ3n) is 6.77. The van der Waals surface area contributed by atoms with Gasteiger partial charge in [-0.05, 0) is 49.9 Å². The van der Waals surface area contributed by atoms with Crippen molar-refractivity contribution in [3.8, 4) is 0 Å². The zero-order valence-corrected chi connectivity index (χ0v) is 13.2. The van der Waals surface area contributed by atoms with E-state index in [1.807, 2.05) is 0 Å². The van der Waals surface area contributed by atoms with E-state index in [0.717, 1.165) is 31.6 Å². The lowest BCUT2D eigenvalue weighted by Gasteiger charge is -2.50. The molecule has 0 aliphatic heterocycles. The van der Waals surface area contributed by atoms with E-state index in [2.05, 4.69) is 20.8 Å². The monoisotopic (exact) mass is 267 g/mol. The van der Waals surface area contributed by atoms with Crippen molar-refractivity contribution in [1.82, 2.24) is 0 Å². The largest absolute Gasteiger partial charge is 0.389 e. The molecule has 0 radical (unpaired) electrons. The predicted octanol–water partition coefficient (Wildman–Crippen LogP) is 3.86. The smallest absolute Gasteiger partial charge is 0.0716 e. The summed E-state index contributed by atoms with van der Waals surface area (Å²) >= 11 is 0. The molecular formula is C17H33NO. The summed E-state index contributed by atoms with van der Waals surface area (Å²) in [6.45, 7) is 7.73. The van der Waals surface area contributed by atoms with Crippen molar-refractivity contribution >= 4 is 0 Å². The van der Waals surface area contributed by atoms with Gasteiger partial charge in [-0.25, -0.2) is 0 Å². The van der Waals surface area contributed by atoms with Gasteiger partial charge in [0.25, 0.3) is 0 Å². The maximum atomic E-state index is 11.2. The van der Waals surface area contributed by atoms with Gasteiger partial charge < -0.3 is 10.8 Å². The normalized spacial score (nSPS) is 35.5. The summed E-state index contributed by atoms with van der Waals surface area (Å²) in [5.74, 6) is 0.772. The van der Waals surface area contributed by atoms with Crippen LogP contribution in [0.1, 0.15) is 78.6 Å². The van der Waals surface area contributed by atoms with Gasteiger partial charge in [-0.1, -0.05) is 40.0 Å². The Bertz CT molecular complexity index is 296. The van der Waals surface area contributed by atoms with Crippen LogP contribution in [0.3, 0.4) is 0 Å². The molecule has 2 aliphatic carbocycles. The van der Waals surface area contributed by atoms with E-state index in [0.29, 0.717) is 12.0 Å². The Morgan fingerprint density at radius 1 is 1.11 bits per heavy atom. The molecule has 0 amide bonds. The van der Waals surface area contributed by atoms with Crippen molar-refractivity contribution in [2.24, 2.45) is 22.5 Å². The maximum absolute atomic E-state index is 11.2. The molecular weight excluding hydrogens is 234 g/mol. The zero-order valence-electron chi connectivity index (χ0n) is 13.2. The first-order valence-corrected chi connectivity index (χ1v) is 8.32. The zero-order chi connectivity index (χ0) is 14.1. The van der Waals surface area contributed by atoms with Crippen LogP contribution < -0.4 is 5.73 Å². The highest BCUT2D eigenvalue weighted by Crippen LogP contribution is 2.54. The molecule has 0 aromatic heterocycles. The van der Waals surface area contributed by atoms with Crippen molar-refractivity contribution < 1.29 is 5.11 Å². The van der Waals surface area contributed by atoms with E-state index in [1.165, 1.54) is 32.1 Å². The standard InChI is InChI=1S/C17H33NO/c1-4-15(2,3)14-7-11-17(19,12-8-14)16(13-18)9-5-6-10-16/h14,19H,4-13,18H2,1-3H3. The minimum atomic E-state index is -0.474. The Kier molecular flexibility index (Phi) is 4.32. The molecule has 2 aliphatic rings. The van der Waals surface area contributed by atoms with Gasteiger partial charge in [0, 0.05) is 12.0 Å². The molecule has 0 aromatic carbocycles. The maximum Gasteiger partial charge on any atom is 0.0716 e. The molecule has 2 nitrogen and oxygen atoms in total. The van der Waals surface area contributed by atoms with Gasteiger partial charge in [-0.15, -0.1) is 0 Å². The summed E-state index contributed by atoms with van der Waals surface area (Å²) in [5.41, 5.74) is 6.06. The van der Waals surface area contributed by atoms with E-state index < -0.39 is 5.60 Å². The predicted molar refractivity (Wildman–Crippen MR) is 80.9 cm³/mol. The quantitative estimate of drug-likeness (QED) is 0.812. The molecule has 3 N–H and O–H groups in total. The number of nitrogens with two attached hydrogens (primary N) is 1. The Morgan fingerprint density at radius 3 is 2.05 bits per heavy atom. The molecule has 0 spiro atoms. The summed E-state index contributed by atoms with van der Waals surface area (Å²) in [4.78, 5) is 0. The fraction of sp³-hybridized carbons (Fsp3) is 1.00. The minimum Gasteiger partial charge on any atom is -0.389 e. The lowest BCUT2D eigenvalue weighted by Crippen LogP contribution is -2.53. The van der Waals surface area contributed by atoms with Gasteiger partial charge >= 0.3 is 0 Å². The number of rotatable bonds is 4. The minimum absolute atomic E-state index is 0.0360. The highest BCUT2D eigenvalue weighted by atomic mass is 16.3. The number of hydrogen-bond acceptors (Lipinski definition) is 2. The average Bonchev–Trinajstić information content (AvgIpc) is 2.90. The highest BCUT2D eigenvalue weighted by Gasteiger charge is 2.52. The van der Waals surface area contributed by atoms with Gasteiger partial charge in [0.2, 0.25) is 0 Å². The van der Waals surface area contributed by atoms with E-state index in [9.17, 15) is 5.11 Å². The molecule has 0 atom stereocenters. The Hall–Kier alpha value is -0.0800. The van der Waals surface area contributed by atoms with Crippen LogP contribution in [0.15, 0.2) is 0 Å². The molecule has 2 heteroatoms. The van der Waals surface area contributed by atoms with Crippen LogP contribution in [0.2, 0.25) is 0 Å². The lowest BCUT2D eigenvalue weighted by molar-refractivity contribution is -0.119. The van der Waals surface area contributed by atoms with Crippen LogP contribution in [-0.2, 0) is 0 Å². The summed E-state index contributed by atoms with van der Waals surface area (Å²) < 4.78 is 0. The van der Waals surface area contributed by atoms with Crippen molar-refractivity contribution in [3.63, 3.8) is 0 Å². The summed E-state index contributed by atoms with van der Waals surface area (Å²) in [6, 6.07) is 0. The molecule has 0 bridgehead atoms. The molecule has 2 saturated carbocycles. The second-order valence-electron chi connectivity index (χ2n) is 7.84. The Labute approximate surface area is 119 Å². The van der Waals surface area contributed by atoms with Crippen LogP contribution in [0.5, 0.6) is 0 Å². The molecule has 2 fully saturated rings. The second kappa shape index (κ2) is 5.37. The summed E-state index contributed by atoms with van der Waals surface area (Å²) in [7, 11) is 0. The van der Waals surface area contributed by atoms with E-state index >= 15 is 0 Å². The van der Waals surface area contributed by atoms with Crippen molar-refractivity contribution in [3.05, 3.63) is 0 Å². The van der Waals surface area contributed by atoms with Crippen LogP contribution >= 0.6 is 0 Å². The fourth-order valence-electron chi connectivity index (χ4n) is 4.61. The molecule has 19 heavy (non-hydrogen) atoms. The first-order chi connectivity index (χ1) is 8.89. The Balaban J connectivity index is 2.05.